The predicted octanol–water partition coefficient (Wildman–Crippen LogP) is 3.29. The van der Waals surface area contributed by atoms with E-state index in [9.17, 15) is 19.6 Å². The summed E-state index contributed by atoms with van der Waals surface area (Å²) in [7, 11) is 2.73. The van der Waals surface area contributed by atoms with E-state index < -0.39 is 17.2 Å². The maximum absolute atomic E-state index is 12.7. The lowest BCUT2D eigenvalue weighted by atomic mass is 9.98. The number of aromatic nitrogens is 2. The van der Waals surface area contributed by atoms with Crippen LogP contribution in [0.2, 0.25) is 5.02 Å². The summed E-state index contributed by atoms with van der Waals surface area (Å²) in [5.74, 6) is -0.727. The zero-order valence-corrected chi connectivity index (χ0v) is 17.7. The van der Waals surface area contributed by atoms with E-state index in [2.05, 4.69) is 27.3 Å². The van der Waals surface area contributed by atoms with E-state index >= 15 is 0 Å². The van der Waals surface area contributed by atoms with Gasteiger partial charge in [0.15, 0.2) is 0 Å². The molecular formula is C20H14BrClN4O3. The summed E-state index contributed by atoms with van der Waals surface area (Å²) < 4.78 is 2.65. The lowest BCUT2D eigenvalue weighted by Crippen LogP contribution is -2.40. The number of amides is 1. The highest BCUT2D eigenvalue weighted by molar-refractivity contribution is 9.10. The minimum atomic E-state index is -0.727. The molecule has 0 aliphatic rings. The van der Waals surface area contributed by atoms with Crippen LogP contribution in [0.4, 0.5) is 5.69 Å². The van der Waals surface area contributed by atoms with Gasteiger partial charge in [-0.05, 0) is 28.1 Å². The predicted molar refractivity (Wildman–Crippen MR) is 114 cm³/mol. The fourth-order valence-corrected chi connectivity index (χ4v) is 3.46. The summed E-state index contributed by atoms with van der Waals surface area (Å²) in [4.78, 5) is 36.8. The first-order valence-electron chi connectivity index (χ1n) is 8.31. The number of aryl methyl sites for hydroxylation is 1. The Morgan fingerprint density at radius 3 is 2.48 bits per heavy atom. The van der Waals surface area contributed by atoms with E-state index in [0.717, 1.165) is 9.13 Å². The van der Waals surface area contributed by atoms with Gasteiger partial charge in [-0.25, -0.2) is 4.79 Å². The second-order valence-corrected chi connectivity index (χ2v) is 7.43. The molecule has 0 fully saturated rings. The van der Waals surface area contributed by atoms with Gasteiger partial charge < -0.3 is 9.88 Å². The van der Waals surface area contributed by atoms with Crippen LogP contribution in [-0.2, 0) is 14.1 Å². The molecule has 0 saturated heterocycles. The van der Waals surface area contributed by atoms with Crippen LogP contribution in [-0.4, -0.2) is 15.0 Å². The number of anilines is 1. The quantitative estimate of drug-likeness (QED) is 0.631. The van der Waals surface area contributed by atoms with E-state index in [4.69, 9.17) is 11.6 Å². The molecule has 0 spiro atoms. The summed E-state index contributed by atoms with van der Waals surface area (Å²) in [6.45, 7) is 0. The van der Waals surface area contributed by atoms with Gasteiger partial charge in [0.25, 0.3) is 11.5 Å². The standard InChI is InChI=1S/C20H14BrClN4O3/c1-25-10-14(19(28)26(2)20(25)29)18(27)24-16-8-4-5-11(13(16)9-23)12-6-3-7-15(21)17(12)22/h3-8,10H,1-2H3,(H,24,27). The first kappa shape index (κ1) is 20.6. The Bertz CT molecular complexity index is 1300. The van der Waals surface area contributed by atoms with Crippen LogP contribution >= 0.6 is 27.5 Å². The van der Waals surface area contributed by atoms with Gasteiger partial charge in [-0.3, -0.25) is 14.2 Å². The Morgan fingerprint density at radius 2 is 1.79 bits per heavy atom. The minimum Gasteiger partial charge on any atom is -0.321 e. The second kappa shape index (κ2) is 8.07. The van der Waals surface area contributed by atoms with Crippen LogP contribution in [0, 0.1) is 11.3 Å². The van der Waals surface area contributed by atoms with Crippen LogP contribution in [0.3, 0.4) is 0 Å². The van der Waals surface area contributed by atoms with E-state index in [0.29, 0.717) is 20.6 Å². The van der Waals surface area contributed by atoms with Gasteiger partial charge in [-0.15, -0.1) is 0 Å². The van der Waals surface area contributed by atoms with Crippen molar-refractivity contribution < 1.29 is 4.79 Å². The Labute approximate surface area is 178 Å². The Balaban J connectivity index is 2.09. The SMILES string of the molecule is Cn1cc(C(=O)Nc2cccc(-c3cccc(Br)c3Cl)c2C#N)c(=O)n(C)c1=O. The van der Waals surface area contributed by atoms with E-state index in [1.807, 2.05) is 0 Å². The van der Waals surface area contributed by atoms with Crippen molar-refractivity contribution >= 4 is 39.1 Å². The first-order chi connectivity index (χ1) is 13.8. The highest BCUT2D eigenvalue weighted by Crippen LogP contribution is 2.37. The van der Waals surface area contributed by atoms with Crippen molar-refractivity contribution in [3.8, 4) is 17.2 Å². The van der Waals surface area contributed by atoms with Crippen LogP contribution in [0.25, 0.3) is 11.1 Å². The van der Waals surface area contributed by atoms with Gasteiger partial charge in [0.1, 0.15) is 11.6 Å². The summed E-state index contributed by atoms with van der Waals surface area (Å²) in [5, 5.41) is 12.7. The fraction of sp³-hybridized carbons (Fsp3) is 0.100. The van der Waals surface area contributed by atoms with Crippen molar-refractivity contribution in [1.29, 1.82) is 5.26 Å². The largest absolute Gasteiger partial charge is 0.330 e. The second-order valence-electron chi connectivity index (χ2n) is 6.20. The third-order valence-corrected chi connectivity index (χ3v) is 5.65. The molecular weight excluding hydrogens is 460 g/mol. The molecule has 9 heteroatoms. The van der Waals surface area contributed by atoms with E-state index in [1.54, 1.807) is 36.4 Å². The summed E-state index contributed by atoms with van der Waals surface area (Å²) in [6.07, 6.45) is 1.17. The molecule has 0 unspecified atom stereocenters. The normalized spacial score (nSPS) is 10.4. The maximum Gasteiger partial charge on any atom is 0.330 e. The number of rotatable bonds is 3. The molecule has 1 heterocycles. The van der Waals surface area contributed by atoms with E-state index in [-0.39, 0.29) is 16.8 Å². The summed E-state index contributed by atoms with van der Waals surface area (Å²) >= 11 is 9.72. The molecule has 3 aromatic rings. The lowest BCUT2D eigenvalue weighted by molar-refractivity contribution is 0.102. The van der Waals surface area contributed by atoms with Crippen molar-refractivity contribution in [1.82, 2.24) is 9.13 Å². The zero-order chi connectivity index (χ0) is 21.3. The number of hydrogen-bond donors (Lipinski definition) is 1. The molecule has 0 aliphatic carbocycles. The molecule has 29 heavy (non-hydrogen) atoms. The fourth-order valence-electron chi connectivity index (χ4n) is 2.87. The Kier molecular flexibility index (Phi) is 5.73. The molecule has 0 saturated carbocycles. The maximum atomic E-state index is 12.7. The molecule has 0 aliphatic heterocycles. The third kappa shape index (κ3) is 3.75. The number of nitrogens with one attached hydrogen (secondary N) is 1. The third-order valence-electron chi connectivity index (χ3n) is 4.36. The smallest absolute Gasteiger partial charge is 0.321 e. The zero-order valence-electron chi connectivity index (χ0n) is 15.4. The van der Waals surface area contributed by atoms with Crippen LogP contribution in [0.1, 0.15) is 15.9 Å². The molecule has 7 nitrogen and oxygen atoms in total. The van der Waals surface area contributed by atoms with Gasteiger partial charge >= 0.3 is 5.69 Å². The van der Waals surface area contributed by atoms with Crippen molar-refractivity contribution in [3.05, 3.63) is 84.1 Å². The Hall–Kier alpha value is -3.15. The molecule has 1 amide bonds. The molecule has 0 bridgehead atoms. The van der Waals surface area contributed by atoms with Crippen molar-refractivity contribution in [2.24, 2.45) is 14.1 Å². The van der Waals surface area contributed by atoms with Crippen molar-refractivity contribution in [3.63, 3.8) is 0 Å². The number of nitrogens with zero attached hydrogens (tertiary/aromatic N) is 3. The monoisotopic (exact) mass is 472 g/mol. The lowest BCUT2D eigenvalue weighted by Gasteiger charge is -2.13. The molecule has 1 aromatic heterocycles. The Morgan fingerprint density at radius 1 is 1.14 bits per heavy atom. The van der Waals surface area contributed by atoms with Gasteiger partial charge in [-0.1, -0.05) is 35.9 Å². The average Bonchev–Trinajstić information content (AvgIpc) is 2.71. The summed E-state index contributed by atoms with van der Waals surface area (Å²) in [6, 6.07) is 12.3. The number of halogens is 2. The number of carbonyl (C=O) groups is 1. The van der Waals surface area contributed by atoms with Gasteiger partial charge in [0.2, 0.25) is 0 Å². The molecule has 3 rings (SSSR count). The van der Waals surface area contributed by atoms with Gasteiger partial charge in [0.05, 0.1) is 16.3 Å². The highest BCUT2D eigenvalue weighted by atomic mass is 79.9. The van der Waals surface area contributed by atoms with Crippen LogP contribution in [0.15, 0.2) is 56.7 Å². The minimum absolute atomic E-state index is 0.197. The number of benzene rings is 2. The first-order valence-corrected chi connectivity index (χ1v) is 9.49. The van der Waals surface area contributed by atoms with Gasteiger partial charge in [-0.2, -0.15) is 5.26 Å². The molecule has 0 atom stereocenters. The average molecular weight is 474 g/mol. The molecule has 146 valence electrons. The number of nitriles is 1. The van der Waals surface area contributed by atoms with Crippen LogP contribution < -0.4 is 16.6 Å². The van der Waals surface area contributed by atoms with E-state index in [1.165, 1.54) is 20.3 Å². The van der Waals surface area contributed by atoms with Gasteiger partial charge in [0, 0.05) is 35.9 Å². The van der Waals surface area contributed by atoms with Crippen molar-refractivity contribution in [2.75, 3.05) is 5.32 Å². The molecule has 0 radical (unpaired) electrons. The summed E-state index contributed by atoms with van der Waals surface area (Å²) in [5.41, 5.74) is 0.0800. The number of carbonyl (C=O) groups excluding carboxylic acids is 1. The topological polar surface area (TPSA) is 96.9 Å². The van der Waals surface area contributed by atoms with Crippen molar-refractivity contribution in [2.45, 2.75) is 0 Å². The number of hydrogen-bond acceptors (Lipinski definition) is 4. The molecule has 1 N–H and O–H groups in total. The molecule has 2 aromatic carbocycles. The highest BCUT2D eigenvalue weighted by Gasteiger charge is 2.19. The van der Waals surface area contributed by atoms with Crippen LogP contribution in [0.5, 0.6) is 0 Å².